The Morgan fingerprint density at radius 1 is 1.23 bits per heavy atom. The monoisotopic (exact) mass is 325 g/mol. The van der Waals surface area contributed by atoms with E-state index in [1.165, 1.54) is 0 Å². The van der Waals surface area contributed by atoms with Gasteiger partial charge in [-0.2, -0.15) is 0 Å². The van der Waals surface area contributed by atoms with Crippen molar-refractivity contribution in [1.82, 2.24) is 16.2 Å². The quantitative estimate of drug-likeness (QED) is 0.704. The minimum absolute atomic E-state index is 0.0219. The lowest BCUT2D eigenvalue weighted by Gasteiger charge is -2.18. The molecule has 6 nitrogen and oxygen atoms in total. The number of hydrogen-bond acceptors (Lipinski definition) is 5. The lowest BCUT2D eigenvalue weighted by atomic mass is 9.91. The SMILES string of the molecule is CCS(=O)(=O)CCNC(=O)C1NNC(c2ccccc2)C1C. The van der Waals surface area contributed by atoms with E-state index < -0.39 is 9.84 Å². The van der Waals surface area contributed by atoms with Crippen LogP contribution >= 0.6 is 0 Å². The van der Waals surface area contributed by atoms with E-state index in [2.05, 4.69) is 16.2 Å². The van der Waals surface area contributed by atoms with Crippen molar-refractivity contribution in [1.29, 1.82) is 0 Å². The molecule has 1 fully saturated rings. The van der Waals surface area contributed by atoms with Crippen molar-refractivity contribution in [3.63, 3.8) is 0 Å². The highest BCUT2D eigenvalue weighted by atomic mass is 32.2. The maximum atomic E-state index is 12.2. The van der Waals surface area contributed by atoms with E-state index in [4.69, 9.17) is 0 Å². The van der Waals surface area contributed by atoms with Crippen molar-refractivity contribution < 1.29 is 13.2 Å². The van der Waals surface area contributed by atoms with Crippen LogP contribution in [0.15, 0.2) is 30.3 Å². The minimum atomic E-state index is -3.06. The molecule has 1 aliphatic rings. The molecule has 2 rings (SSSR count). The number of amides is 1. The Bertz CT molecular complexity index is 604. The second-order valence-electron chi connectivity index (χ2n) is 5.54. The summed E-state index contributed by atoms with van der Waals surface area (Å²) in [5.41, 5.74) is 7.26. The Kier molecular flexibility index (Phi) is 5.55. The van der Waals surface area contributed by atoms with E-state index in [0.717, 1.165) is 5.56 Å². The van der Waals surface area contributed by atoms with Gasteiger partial charge in [0, 0.05) is 18.2 Å². The average Bonchev–Trinajstić information content (AvgIpc) is 2.89. The van der Waals surface area contributed by atoms with Gasteiger partial charge in [0.25, 0.3) is 0 Å². The van der Waals surface area contributed by atoms with E-state index in [0.29, 0.717) is 0 Å². The fourth-order valence-corrected chi connectivity index (χ4v) is 3.27. The molecule has 7 heteroatoms. The Balaban J connectivity index is 1.90. The van der Waals surface area contributed by atoms with Crippen molar-refractivity contribution in [2.75, 3.05) is 18.1 Å². The van der Waals surface area contributed by atoms with Crippen LogP contribution in [0.1, 0.15) is 25.5 Å². The van der Waals surface area contributed by atoms with Crippen LogP contribution in [0.4, 0.5) is 0 Å². The summed E-state index contributed by atoms with van der Waals surface area (Å²) in [6.07, 6.45) is 0. The van der Waals surface area contributed by atoms with Crippen molar-refractivity contribution in [3.8, 4) is 0 Å². The van der Waals surface area contributed by atoms with Gasteiger partial charge in [-0.15, -0.1) is 0 Å². The fraction of sp³-hybridized carbons (Fsp3) is 0.533. The third-order valence-electron chi connectivity index (χ3n) is 4.04. The molecule has 1 aromatic carbocycles. The fourth-order valence-electron chi connectivity index (χ4n) is 2.57. The molecule has 3 N–H and O–H groups in total. The molecule has 0 spiro atoms. The maximum absolute atomic E-state index is 12.2. The summed E-state index contributed by atoms with van der Waals surface area (Å²) in [7, 11) is -3.06. The van der Waals surface area contributed by atoms with Gasteiger partial charge in [-0.05, 0) is 5.56 Å². The lowest BCUT2D eigenvalue weighted by Crippen LogP contribution is -2.46. The summed E-state index contributed by atoms with van der Waals surface area (Å²) in [4.78, 5) is 12.2. The van der Waals surface area contributed by atoms with Crippen molar-refractivity contribution in [2.45, 2.75) is 25.9 Å². The molecule has 122 valence electrons. The highest BCUT2D eigenvalue weighted by molar-refractivity contribution is 7.91. The molecule has 0 aromatic heterocycles. The highest BCUT2D eigenvalue weighted by Gasteiger charge is 2.37. The molecular weight excluding hydrogens is 302 g/mol. The van der Waals surface area contributed by atoms with E-state index in [-0.39, 0.29) is 42.0 Å². The summed E-state index contributed by atoms with van der Waals surface area (Å²) in [5, 5.41) is 2.70. The second kappa shape index (κ2) is 7.21. The molecule has 0 radical (unpaired) electrons. The highest BCUT2D eigenvalue weighted by Crippen LogP contribution is 2.28. The smallest absolute Gasteiger partial charge is 0.238 e. The predicted octanol–water partition coefficient (Wildman–Crippen LogP) is 0.391. The number of nitrogens with one attached hydrogen (secondary N) is 3. The number of carbonyl (C=O) groups is 1. The van der Waals surface area contributed by atoms with Gasteiger partial charge in [-0.25, -0.2) is 19.3 Å². The van der Waals surface area contributed by atoms with Gasteiger partial charge < -0.3 is 5.32 Å². The Hall–Kier alpha value is -1.44. The third kappa shape index (κ3) is 4.06. The first kappa shape index (κ1) is 16.9. The van der Waals surface area contributed by atoms with Gasteiger partial charge in [-0.1, -0.05) is 44.2 Å². The van der Waals surface area contributed by atoms with Gasteiger partial charge in [0.15, 0.2) is 9.84 Å². The predicted molar refractivity (Wildman–Crippen MR) is 85.7 cm³/mol. The second-order valence-corrected chi connectivity index (χ2v) is 8.01. The number of carbonyl (C=O) groups excluding carboxylic acids is 1. The maximum Gasteiger partial charge on any atom is 0.238 e. The van der Waals surface area contributed by atoms with E-state index in [9.17, 15) is 13.2 Å². The Labute approximate surface area is 131 Å². The molecule has 0 aliphatic carbocycles. The molecule has 1 aromatic rings. The van der Waals surface area contributed by atoms with E-state index >= 15 is 0 Å². The van der Waals surface area contributed by atoms with Crippen molar-refractivity contribution in [3.05, 3.63) is 35.9 Å². The number of hydrogen-bond donors (Lipinski definition) is 3. The Morgan fingerprint density at radius 2 is 1.91 bits per heavy atom. The summed E-state index contributed by atoms with van der Waals surface area (Å²) in [5.74, 6) is -0.0419. The van der Waals surface area contributed by atoms with Gasteiger partial charge in [-0.3, -0.25) is 4.79 Å². The molecule has 22 heavy (non-hydrogen) atoms. The van der Waals surface area contributed by atoms with E-state index in [1.54, 1.807) is 6.92 Å². The largest absolute Gasteiger partial charge is 0.354 e. The van der Waals surface area contributed by atoms with Crippen LogP contribution in [0.25, 0.3) is 0 Å². The standard InChI is InChI=1S/C15H23N3O3S/c1-3-22(20,21)10-9-16-15(19)14-11(2)13(17-18-14)12-7-5-4-6-8-12/h4-8,11,13-14,17-18H,3,9-10H2,1-2H3,(H,16,19). The number of benzene rings is 1. The van der Waals surface area contributed by atoms with Crippen LogP contribution in [0.3, 0.4) is 0 Å². The summed E-state index contributed by atoms with van der Waals surface area (Å²) in [6, 6.07) is 9.59. The van der Waals surface area contributed by atoms with Crippen LogP contribution in [0.2, 0.25) is 0 Å². The lowest BCUT2D eigenvalue weighted by molar-refractivity contribution is -0.123. The Morgan fingerprint density at radius 3 is 2.55 bits per heavy atom. The van der Waals surface area contributed by atoms with Crippen molar-refractivity contribution in [2.24, 2.45) is 5.92 Å². The summed E-state index contributed by atoms with van der Waals surface area (Å²) < 4.78 is 22.8. The number of hydrazine groups is 1. The zero-order valence-corrected chi connectivity index (χ0v) is 13.7. The zero-order chi connectivity index (χ0) is 16.2. The molecular formula is C15H23N3O3S. The minimum Gasteiger partial charge on any atom is -0.354 e. The van der Waals surface area contributed by atoms with Crippen LogP contribution in [0.5, 0.6) is 0 Å². The summed E-state index contributed by atoms with van der Waals surface area (Å²) in [6.45, 7) is 3.75. The van der Waals surface area contributed by atoms with Gasteiger partial charge in [0.1, 0.15) is 6.04 Å². The average molecular weight is 325 g/mol. The molecule has 1 saturated heterocycles. The molecule has 3 atom stereocenters. The first-order valence-electron chi connectivity index (χ1n) is 7.48. The molecule has 1 heterocycles. The van der Waals surface area contributed by atoms with Crippen molar-refractivity contribution >= 4 is 15.7 Å². The van der Waals surface area contributed by atoms with Crippen LogP contribution in [-0.2, 0) is 14.6 Å². The molecule has 0 bridgehead atoms. The third-order valence-corrected chi connectivity index (χ3v) is 5.74. The first-order chi connectivity index (χ1) is 10.4. The molecule has 1 amide bonds. The van der Waals surface area contributed by atoms with E-state index in [1.807, 2.05) is 37.3 Å². The van der Waals surface area contributed by atoms with Crippen LogP contribution in [0, 0.1) is 5.92 Å². The first-order valence-corrected chi connectivity index (χ1v) is 9.31. The van der Waals surface area contributed by atoms with Crippen LogP contribution < -0.4 is 16.2 Å². The topological polar surface area (TPSA) is 87.3 Å². The number of sulfone groups is 1. The molecule has 1 aliphatic heterocycles. The normalized spacial score (nSPS) is 25.1. The van der Waals surface area contributed by atoms with Gasteiger partial charge in [0.2, 0.25) is 5.91 Å². The van der Waals surface area contributed by atoms with Gasteiger partial charge >= 0.3 is 0 Å². The summed E-state index contributed by atoms with van der Waals surface area (Å²) >= 11 is 0. The zero-order valence-electron chi connectivity index (χ0n) is 12.9. The number of rotatable bonds is 6. The van der Waals surface area contributed by atoms with Gasteiger partial charge in [0.05, 0.1) is 11.8 Å². The van der Waals surface area contributed by atoms with Crippen LogP contribution in [-0.4, -0.2) is 38.4 Å². The molecule has 0 saturated carbocycles. The molecule has 3 unspecified atom stereocenters.